The maximum atomic E-state index is 2.61. The molecule has 0 saturated carbocycles. The van der Waals surface area contributed by atoms with Crippen molar-refractivity contribution in [1.29, 1.82) is 0 Å². The average Bonchev–Trinajstić information content (AvgIpc) is 3.69. The summed E-state index contributed by atoms with van der Waals surface area (Å²) in [5, 5.41) is 2.65. The first-order valence-electron chi connectivity index (χ1n) is 24.8. The van der Waals surface area contributed by atoms with Crippen molar-refractivity contribution in [2.45, 2.75) is 112 Å². The molecule has 7 aromatic carbocycles. The highest BCUT2D eigenvalue weighted by molar-refractivity contribution is 7.26. The zero-order chi connectivity index (χ0) is 47.7. The molecule has 4 heteroatoms. The molecule has 0 saturated heterocycles. The lowest BCUT2D eigenvalue weighted by atomic mass is 9.33. The smallest absolute Gasteiger partial charge is 0.252 e. The molecule has 0 atom stereocenters. The van der Waals surface area contributed by atoms with E-state index in [4.69, 9.17) is 0 Å². The van der Waals surface area contributed by atoms with Crippen LogP contribution in [0.1, 0.15) is 118 Å². The van der Waals surface area contributed by atoms with Crippen LogP contribution in [-0.4, -0.2) is 6.71 Å². The summed E-state index contributed by atoms with van der Waals surface area (Å²) in [7, 11) is 0. The lowest BCUT2D eigenvalue weighted by molar-refractivity contribution is 0.482. The van der Waals surface area contributed by atoms with Crippen LogP contribution in [0.25, 0.3) is 36.9 Å². The lowest BCUT2D eigenvalue weighted by Gasteiger charge is -2.45. The second kappa shape index (κ2) is 15.7. The van der Waals surface area contributed by atoms with E-state index in [2.05, 4.69) is 245 Å². The Morgan fingerprint density at radius 3 is 1.62 bits per heavy atom. The van der Waals surface area contributed by atoms with Crippen LogP contribution >= 0.6 is 11.3 Å². The molecule has 0 N–H and O–H groups in total. The molecule has 0 fully saturated rings. The van der Waals surface area contributed by atoms with Crippen LogP contribution in [0.15, 0.2) is 157 Å². The molecule has 11 rings (SSSR count). The van der Waals surface area contributed by atoms with E-state index in [-0.39, 0.29) is 28.4 Å². The predicted octanol–water partition coefficient (Wildman–Crippen LogP) is 16.8. The Bertz CT molecular complexity index is 3390. The third-order valence-electron chi connectivity index (χ3n) is 15.1. The number of benzene rings is 7. The molecular weight excluding hydrogens is 840 g/mol. The maximum Gasteiger partial charge on any atom is 0.252 e. The molecule has 68 heavy (non-hydrogen) atoms. The summed E-state index contributed by atoms with van der Waals surface area (Å²) in [4.78, 5) is 5.20. The minimum atomic E-state index is -0.111. The first kappa shape index (κ1) is 44.4. The van der Waals surface area contributed by atoms with Crippen molar-refractivity contribution in [3.05, 3.63) is 180 Å². The topological polar surface area (TPSA) is 6.48 Å². The second-order valence-electron chi connectivity index (χ2n) is 23.8. The highest BCUT2D eigenvalue weighted by atomic mass is 32.1. The van der Waals surface area contributed by atoms with E-state index < -0.39 is 0 Å². The van der Waals surface area contributed by atoms with Crippen LogP contribution in [-0.2, 0) is 16.2 Å². The van der Waals surface area contributed by atoms with Gasteiger partial charge in [-0.2, -0.15) is 0 Å². The fraction of sp³-hybridized carbons (Fsp3) is 0.281. The SMILES string of the molecule is CC(C)(C)C1=CC=C(c2ccc(N3c4ccc(C(C)(C)C)cc4B4c5cc(C(C)(C)C)ccc5N(c5cccc(-c6cccc7c6sc6ccccc67)c5)c5cc(C(C)(C)C)cc3c54)cc2)CC1. The van der Waals surface area contributed by atoms with Gasteiger partial charge in [-0.3, -0.25) is 0 Å². The summed E-state index contributed by atoms with van der Waals surface area (Å²) in [5.74, 6) is 0. The van der Waals surface area contributed by atoms with Gasteiger partial charge in [-0.05, 0) is 144 Å². The van der Waals surface area contributed by atoms with E-state index in [0.717, 1.165) is 12.8 Å². The predicted molar refractivity (Wildman–Crippen MR) is 300 cm³/mol. The third-order valence-corrected chi connectivity index (χ3v) is 16.3. The monoisotopic (exact) mass is 904 g/mol. The number of hydrogen-bond donors (Lipinski definition) is 0. The first-order valence-corrected chi connectivity index (χ1v) is 25.6. The number of rotatable bonds is 4. The van der Waals surface area contributed by atoms with E-state index in [1.165, 1.54) is 115 Å². The standard InChI is InChI=1S/C64H65BN2S/c1-61(2,3)43-27-23-40(24-28-43)41-25-31-47(32-26-41)66-54-33-29-44(62(4,5)6)36-52(54)65-53-37-45(63(7,8)9)30-34-55(53)67(57-39-46(64(10,11)12)38-56(66)59(57)65)48-18-15-17-42(35-48)49-20-16-21-51-50-19-13-14-22-58(50)68-60(49)51/h13-23,25-27,29-39H,24,28H2,1-12H3. The summed E-state index contributed by atoms with van der Waals surface area (Å²) in [6.07, 6.45) is 6.92. The fourth-order valence-corrected chi connectivity index (χ4v) is 12.3. The number of thiophene rings is 1. The van der Waals surface area contributed by atoms with Crippen molar-refractivity contribution in [3.8, 4) is 11.1 Å². The van der Waals surface area contributed by atoms with Gasteiger partial charge < -0.3 is 9.80 Å². The van der Waals surface area contributed by atoms with Gasteiger partial charge in [0, 0.05) is 54.3 Å². The van der Waals surface area contributed by atoms with Gasteiger partial charge in [0.05, 0.1) is 0 Å². The molecule has 8 aromatic rings. The molecule has 1 aromatic heterocycles. The van der Waals surface area contributed by atoms with Crippen LogP contribution in [0.4, 0.5) is 34.1 Å². The molecular formula is C64H65BN2S. The molecule has 340 valence electrons. The summed E-state index contributed by atoms with van der Waals surface area (Å²) in [6, 6.07) is 54.3. The van der Waals surface area contributed by atoms with Crippen molar-refractivity contribution in [2.24, 2.45) is 5.41 Å². The van der Waals surface area contributed by atoms with Gasteiger partial charge in [0.1, 0.15) is 0 Å². The summed E-state index contributed by atoms with van der Waals surface area (Å²) in [6.45, 7) is 28.2. The number of anilines is 6. The minimum Gasteiger partial charge on any atom is -0.311 e. The first-order chi connectivity index (χ1) is 32.2. The number of allylic oxidation sites excluding steroid dienone is 4. The molecule has 2 nitrogen and oxygen atoms in total. The van der Waals surface area contributed by atoms with Gasteiger partial charge >= 0.3 is 0 Å². The van der Waals surface area contributed by atoms with E-state index in [1.807, 2.05) is 11.3 Å². The van der Waals surface area contributed by atoms with E-state index in [9.17, 15) is 0 Å². The van der Waals surface area contributed by atoms with Gasteiger partial charge in [-0.15, -0.1) is 11.3 Å². The van der Waals surface area contributed by atoms with Gasteiger partial charge in [0.25, 0.3) is 6.71 Å². The third kappa shape index (κ3) is 7.46. The van der Waals surface area contributed by atoms with E-state index in [1.54, 1.807) is 0 Å². The molecule has 3 heterocycles. The molecule has 0 unspecified atom stereocenters. The Hall–Kier alpha value is -6.10. The highest BCUT2D eigenvalue weighted by Gasteiger charge is 2.45. The normalized spacial score (nSPS) is 15.0. The van der Waals surface area contributed by atoms with E-state index in [0.29, 0.717) is 0 Å². The average molecular weight is 905 g/mol. The van der Waals surface area contributed by atoms with Crippen LogP contribution < -0.4 is 26.2 Å². The Morgan fingerprint density at radius 1 is 0.441 bits per heavy atom. The van der Waals surface area contributed by atoms with Gasteiger partial charge in [0.15, 0.2) is 0 Å². The number of hydrogen-bond acceptors (Lipinski definition) is 3. The summed E-state index contributed by atoms with van der Waals surface area (Å²) in [5.41, 5.74) is 22.3. The summed E-state index contributed by atoms with van der Waals surface area (Å²) >= 11 is 1.90. The Morgan fingerprint density at radius 2 is 1.03 bits per heavy atom. The zero-order valence-electron chi connectivity index (χ0n) is 42.2. The summed E-state index contributed by atoms with van der Waals surface area (Å²) < 4.78 is 2.67. The Balaban J connectivity index is 1.16. The molecule has 2 aliphatic heterocycles. The van der Waals surface area contributed by atoms with Gasteiger partial charge in [-0.25, -0.2) is 0 Å². The van der Waals surface area contributed by atoms with Crippen molar-refractivity contribution in [3.63, 3.8) is 0 Å². The van der Waals surface area contributed by atoms with Gasteiger partial charge in [0.2, 0.25) is 0 Å². The van der Waals surface area contributed by atoms with Crippen LogP contribution in [0.3, 0.4) is 0 Å². The Kier molecular flexibility index (Phi) is 10.3. The van der Waals surface area contributed by atoms with Gasteiger partial charge in [-0.1, -0.05) is 186 Å². The highest BCUT2D eigenvalue weighted by Crippen LogP contribution is 2.49. The number of nitrogens with zero attached hydrogens (tertiary/aromatic N) is 2. The number of fused-ring (bicyclic) bond motifs is 7. The van der Waals surface area contributed by atoms with Crippen molar-refractivity contribution in [2.75, 3.05) is 9.80 Å². The van der Waals surface area contributed by atoms with Crippen LogP contribution in [0.5, 0.6) is 0 Å². The van der Waals surface area contributed by atoms with Crippen LogP contribution in [0, 0.1) is 5.41 Å². The Labute approximate surface area is 410 Å². The maximum absolute atomic E-state index is 2.61. The zero-order valence-corrected chi connectivity index (χ0v) is 43.0. The van der Waals surface area contributed by atoms with Crippen molar-refractivity contribution >= 4 is 94.3 Å². The van der Waals surface area contributed by atoms with E-state index >= 15 is 0 Å². The molecule has 0 spiro atoms. The molecule has 0 bridgehead atoms. The largest absolute Gasteiger partial charge is 0.311 e. The lowest BCUT2D eigenvalue weighted by Crippen LogP contribution is -2.61. The molecule has 0 radical (unpaired) electrons. The quantitative estimate of drug-likeness (QED) is 0.162. The molecule has 3 aliphatic rings. The molecule has 0 amide bonds. The fourth-order valence-electron chi connectivity index (χ4n) is 11.0. The van der Waals surface area contributed by atoms with Crippen molar-refractivity contribution < 1.29 is 0 Å². The van der Waals surface area contributed by atoms with Crippen molar-refractivity contribution in [1.82, 2.24) is 0 Å². The van der Waals surface area contributed by atoms with Crippen LogP contribution in [0.2, 0.25) is 0 Å². The minimum absolute atomic E-state index is 0.0236. The second-order valence-corrected chi connectivity index (χ2v) is 24.9. The molecule has 1 aliphatic carbocycles.